The molecule has 0 aliphatic rings. The second-order valence-corrected chi connectivity index (χ2v) is 7.09. The van der Waals surface area contributed by atoms with Crippen LogP contribution in [0.15, 0.2) is 36.4 Å². The first kappa shape index (κ1) is 17.7. The Morgan fingerprint density at radius 3 is 1.91 bits per heavy atom. The van der Waals surface area contributed by atoms with Crippen LogP contribution in [-0.2, 0) is 8.85 Å². The van der Waals surface area contributed by atoms with E-state index in [9.17, 15) is 18.0 Å². The molecule has 7 heteroatoms. The van der Waals surface area contributed by atoms with Crippen LogP contribution in [0.25, 0.3) is 11.1 Å². The van der Waals surface area contributed by atoms with E-state index in [2.05, 4.69) is 0 Å². The fourth-order valence-corrected chi connectivity index (χ4v) is 3.99. The normalized spacial score (nSPS) is 11.7. The van der Waals surface area contributed by atoms with Crippen LogP contribution in [0, 0.1) is 17.5 Å². The third-order valence-electron chi connectivity index (χ3n) is 3.25. The van der Waals surface area contributed by atoms with Crippen molar-refractivity contribution in [2.75, 3.05) is 13.2 Å². The monoisotopic (exact) mass is 342 g/mol. The van der Waals surface area contributed by atoms with Gasteiger partial charge in [-0.1, -0.05) is 24.3 Å². The minimum absolute atomic E-state index is 0.0616. The van der Waals surface area contributed by atoms with Crippen molar-refractivity contribution in [3.63, 3.8) is 0 Å². The molecule has 0 saturated heterocycles. The molecule has 0 bridgehead atoms. The van der Waals surface area contributed by atoms with Gasteiger partial charge < -0.3 is 13.6 Å². The molecule has 0 fully saturated rings. The third kappa shape index (κ3) is 3.81. The molecule has 3 nitrogen and oxygen atoms in total. The molecule has 0 radical (unpaired) electrons. The first-order chi connectivity index (χ1) is 10.9. The lowest BCUT2D eigenvalue weighted by Crippen LogP contribution is -2.54. The third-order valence-corrected chi connectivity index (χ3v) is 5.67. The predicted octanol–water partition coefficient (Wildman–Crippen LogP) is 2.98. The van der Waals surface area contributed by atoms with Gasteiger partial charge in [-0.05, 0) is 25.5 Å². The molecule has 0 aliphatic carbocycles. The first-order valence-corrected chi connectivity index (χ1v) is 8.93. The van der Waals surface area contributed by atoms with E-state index in [4.69, 9.17) is 8.85 Å². The quantitative estimate of drug-likeness (QED) is 0.648. The van der Waals surface area contributed by atoms with Crippen molar-refractivity contribution in [3.8, 4) is 11.1 Å². The molecule has 2 aromatic rings. The number of halogens is 3. The van der Waals surface area contributed by atoms with E-state index in [1.807, 2.05) is 0 Å². The molecule has 1 N–H and O–H groups in total. The summed E-state index contributed by atoms with van der Waals surface area (Å²) in [5.41, 5.74) is 0.294. The lowest BCUT2D eigenvalue weighted by atomic mass is 10.1. The zero-order chi connectivity index (χ0) is 17.0. The van der Waals surface area contributed by atoms with E-state index < -0.39 is 26.3 Å². The van der Waals surface area contributed by atoms with E-state index in [1.165, 1.54) is 24.3 Å². The SMILES string of the molecule is CCO[Si](O)(OCC)c1ccc(-c2cc(F)c(F)cc2F)cc1. The van der Waals surface area contributed by atoms with E-state index >= 15 is 0 Å². The van der Waals surface area contributed by atoms with Crippen molar-refractivity contribution in [2.45, 2.75) is 13.8 Å². The summed E-state index contributed by atoms with van der Waals surface area (Å²) in [6.45, 7) is 4.04. The maximum atomic E-state index is 13.8. The van der Waals surface area contributed by atoms with Gasteiger partial charge in [0, 0.05) is 30.0 Å². The van der Waals surface area contributed by atoms with E-state index in [0.717, 1.165) is 6.07 Å². The van der Waals surface area contributed by atoms with Crippen molar-refractivity contribution < 1.29 is 26.8 Å². The van der Waals surface area contributed by atoms with Gasteiger partial charge in [0.05, 0.1) is 0 Å². The van der Waals surface area contributed by atoms with Gasteiger partial charge in [-0.3, -0.25) is 0 Å². The largest absolute Gasteiger partial charge is 0.534 e. The van der Waals surface area contributed by atoms with Gasteiger partial charge in [-0.2, -0.15) is 0 Å². The maximum Gasteiger partial charge on any atom is 0.534 e. The second-order valence-electron chi connectivity index (χ2n) is 4.77. The summed E-state index contributed by atoms with van der Waals surface area (Å²) in [7, 11) is -3.51. The van der Waals surface area contributed by atoms with Crippen LogP contribution >= 0.6 is 0 Å². The minimum Gasteiger partial charge on any atom is -0.386 e. The van der Waals surface area contributed by atoms with Gasteiger partial charge >= 0.3 is 8.80 Å². The number of rotatable bonds is 6. The molecule has 0 aromatic heterocycles. The van der Waals surface area contributed by atoms with Crippen LogP contribution in [0.3, 0.4) is 0 Å². The summed E-state index contributed by atoms with van der Waals surface area (Å²) in [5, 5.41) is 0.452. The maximum absolute atomic E-state index is 13.8. The summed E-state index contributed by atoms with van der Waals surface area (Å²) in [5.74, 6) is -3.23. The average Bonchev–Trinajstić information content (AvgIpc) is 2.51. The Hall–Kier alpha value is -1.67. The van der Waals surface area contributed by atoms with Crippen molar-refractivity contribution in [1.82, 2.24) is 0 Å². The molecule has 0 atom stereocenters. The molecule has 0 amide bonds. The fourth-order valence-electron chi connectivity index (χ4n) is 2.20. The second kappa shape index (κ2) is 7.27. The van der Waals surface area contributed by atoms with Crippen LogP contribution in [0.4, 0.5) is 13.2 Å². The highest BCUT2D eigenvalue weighted by Crippen LogP contribution is 2.25. The van der Waals surface area contributed by atoms with Crippen molar-refractivity contribution in [1.29, 1.82) is 0 Å². The van der Waals surface area contributed by atoms with Crippen molar-refractivity contribution in [3.05, 3.63) is 53.8 Å². The van der Waals surface area contributed by atoms with E-state index in [-0.39, 0.29) is 18.8 Å². The highest BCUT2D eigenvalue weighted by Gasteiger charge is 2.39. The summed E-state index contributed by atoms with van der Waals surface area (Å²) in [6.07, 6.45) is 0. The Balaban J connectivity index is 2.37. The molecule has 2 aromatic carbocycles. The Bertz CT molecular complexity index is 671. The van der Waals surface area contributed by atoms with Gasteiger partial charge in [-0.15, -0.1) is 0 Å². The molecule has 124 valence electrons. The lowest BCUT2D eigenvalue weighted by molar-refractivity contribution is 0.124. The van der Waals surface area contributed by atoms with Gasteiger partial charge in [-0.25, -0.2) is 13.2 Å². The molecule has 0 saturated carbocycles. The Morgan fingerprint density at radius 1 is 0.870 bits per heavy atom. The summed E-state index contributed by atoms with van der Waals surface area (Å²) in [4.78, 5) is 10.5. The summed E-state index contributed by atoms with van der Waals surface area (Å²) < 4.78 is 50.8. The van der Waals surface area contributed by atoms with Gasteiger partial charge in [0.1, 0.15) is 5.82 Å². The van der Waals surface area contributed by atoms with Gasteiger partial charge in [0.15, 0.2) is 11.6 Å². The molecule has 0 aliphatic heterocycles. The summed E-state index contributed by atoms with van der Waals surface area (Å²) in [6, 6.07) is 7.38. The minimum atomic E-state index is -3.51. The molecule has 0 spiro atoms. The molecular weight excluding hydrogens is 325 g/mol. The van der Waals surface area contributed by atoms with Crippen LogP contribution in [0.2, 0.25) is 0 Å². The highest BCUT2D eigenvalue weighted by atomic mass is 28.4. The van der Waals surface area contributed by atoms with E-state index in [1.54, 1.807) is 13.8 Å². The van der Waals surface area contributed by atoms with Crippen LogP contribution in [0.1, 0.15) is 13.8 Å². The highest BCUT2D eigenvalue weighted by molar-refractivity contribution is 6.74. The Kier molecular flexibility index (Phi) is 5.58. The zero-order valence-electron chi connectivity index (χ0n) is 12.8. The van der Waals surface area contributed by atoms with Crippen LogP contribution in [-0.4, -0.2) is 26.8 Å². The van der Waals surface area contributed by atoms with Gasteiger partial charge in [0.2, 0.25) is 0 Å². The number of hydrogen-bond acceptors (Lipinski definition) is 3. The smallest absolute Gasteiger partial charge is 0.386 e. The first-order valence-electron chi connectivity index (χ1n) is 7.17. The summed E-state index contributed by atoms with van der Waals surface area (Å²) >= 11 is 0. The number of benzene rings is 2. The predicted molar refractivity (Wildman–Crippen MR) is 82.6 cm³/mol. The zero-order valence-corrected chi connectivity index (χ0v) is 13.8. The molecule has 0 unspecified atom stereocenters. The topological polar surface area (TPSA) is 38.7 Å². The Morgan fingerprint density at radius 2 is 1.39 bits per heavy atom. The molecule has 0 heterocycles. The molecule has 23 heavy (non-hydrogen) atoms. The molecular formula is C16H17F3O3Si. The molecule has 2 rings (SSSR count). The van der Waals surface area contributed by atoms with Crippen LogP contribution < -0.4 is 5.19 Å². The van der Waals surface area contributed by atoms with Crippen molar-refractivity contribution >= 4 is 14.0 Å². The lowest BCUT2D eigenvalue weighted by Gasteiger charge is -2.23. The van der Waals surface area contributed by atoms with Crippen molar-refractivity contribution in [2.24, 2.45) is 0 Å². The van der Waals surface area contributed by atoms with E-state index in [0.29, 0.717) is 16.8 Å². The number of hydrogen-bond donors (Lipinski definition) is 1. The Labute approximate surface area is 133 Å². The van der Waals surface area contributed by atoms with Crippen LogP contribution in [0.5, 0.6) is 0 Å². The van der Waals surface area contributed by atoms with Gasteiger partial charge in [0.25, 0.3) is 0 Å². The fraction of sp³-hybridized carbons (Fsp3) is 0.250. The average molecular weight is 342 g/mol. The standard InChI is InChI=1S/C16H17F3O3Si/c1-3-21-23(20,22-4-2)12-7-5-11(6-8-12)13-9-15(18)16(19)10-14(13)17/h5-10,20H,3-4H2,1-2H3.